The number of allylic oxidation sites excluding steroid dienone is 1. The van der Waals surface area contributed by atoms with E-state index < -0.39 is 0 Å². The molecule has 0 aromatic carbocycles. The third kappa shape index (κ3) is 3.73. The molecule has 1 atom stereocenters. The number of nitrogens with zero attached hydrogens (tertiary/aromatic N) is 2. The van der Waals surface area contributed by atoms with Crippen molar-refractivity contribution in [3.8, 4) is 0 Å². The molecule has 0 bridgehead atoms. The first-order valence-corrected chi connectivity index (χ1v) is 8.41. The predicted molar refractivity (Wildman–Crippen MR) is 91.5 cm³/mol. The summed E-state index contributed by atoms with van der Waals surface area (Å²) in [6.07, 6.45) is 0. The van der Waals surface area contributed by atoms with Gasteiger partial charge in [-0.25, -0.2) is 4.79 Å². The van der Waals surface area contributed by atoms with E-state index in [1.54, 1.807) is 18.4 Å². The van der Waals surface area contributed by atoms with Gasteiger partial charge in [0.15, 0.2) is 5.96 Å². The molecule has 23 heavy (non-hydrogen) atoms. The van der Waals surface area contributed by atoms with Crippen LogP contribution in [0.15, 0.2) is 33.8 Å². The fourth-order valence-corrected chi connectivity index (χ4v) is 3.38. The van der Waals surface area contributed by atoms with Gasteiger partial charge < -0.3 is 19.7 Å². The van der Waals surface area contributed by atoms with Crippen LogP contribution < -0.4 is 5.32 Å². The van der Waals surface area contributed by atoms with Crippen LogP contribution in [0.5, 0.6) is 0 Å². The second kappa shape index (κ2) is 8.12. The Morgan fingerprint density at radius 2 is 2.26 bits per heavy atom. The lowest BCUT2D eigenvalue weighted by atomic mass is 10.0. The molecule has 126 valence electrons. The molecule has 7 heteroatoms. The smallest absolute Gasteiger partial charge is 0.338 e. The Kier molecular flexibility index (Phi) is 6.18. The van der Waals surface area contributed by atoms with Gasteiger partial charge in [-0.2, -0.15) is 0 Å². The van der Waals surface area contributed by atoms with Crippen LogP contribution in [0, 0.1) is 0 Å². The molecule has 2 heterocycles. The molecule has 0 aliphatic carbocycles. The van der Waals surface area contributed by atoms with Crippen molar-refractivity contribution in [1.29, 1.82) is 0 Å². The highest BCUT2D eigenvalue weighted by Crippen LogP contribution is 2.33. The number of rotatable bonds is 6. The molecule has 0 amide bonds. The summed E-state index contributed by atoms with van der Waals surface area (Å²) in [4.78, 5) is 19.9. The minimum absolute atomic E-state index is 0.244. The number of aliphatic imine (C=N–C) groups is 1. The molecule has 1 aliphatic rings. The average molecular weight is 337 g/mol. The number of ether oxygens (including phenoxy) is 2. The van der Waals surface area contributed by atoms with E-state index in [-0.39, 0.29) is 12.0 Å². The van der Waals surface area contributed by atoms with Gasteiger partial charge in [0.25, 0.3) is 0 Å². The van der Waals surface area contributed by atoms with E-state index in [9.17, 15) is 4.79 Å². The first kappa shape index (κ1) is 17.5. The van der Waals surface area contributed by atoms with Crippen LogP contribution in [0.25, 0.3) is 0 Å². The number of carbonyl (C=O) groups is 1. The quantitative estimate of drug-likeness (QED) is 0.637. The Labute approximate surface area is 140 Å². The van der Waals surface area contributed by atoms with E-state index in [2.05, 4.69) is 10.3 Å². The number of methoxy groups -OCH3 is 2. The van der Waals surface area contributed by atoms with Gasteiger partial charge in [0.05, 0.1) is 31.9 Å². The van der Waals surface area contributed by atoms with Crippen molar-refractivity contribution in [3.63, 3.8) is 0 Å². The van der Waals surface area contributed by atoms with E-state index in [1.807, 2.05) is 36.3 Å². The summed E-state index contributed by atoms with van der Waals surface area (Å²) < 4.78 is 10.1. The number of hydrogen-bond acceptors (Lipinski definition) is 5. The molecule has 1 N–H and O–H groups in total. The van der Waals surface area contributed by atoms with E-state index in [0.29, 0.717) is 25.3 Å². The molecule has 0 radical (unpaired) electrons. The second-order valence-electron chi connectivity index (χ2n) is 5.03. The molecule has 1 aliphatic heterocycles. The fourth-order valence-electron chi connectivity index (χ4n) is 2.60. The summed E-state index contributed by atoms with van der Waals surface area (Å²) in [7, 11) is 3.06. The molecule has 0 saturated carbocycles. The molecule has 0 spiro atoms. The topological polar surface area (TPSA) is 63.2 Å². The van der Waals surface area contributed by atoms with Crippen molar-refractivity contribution < 1.29 is 14.3 Å². The Morgan fingerprint density at radius 3 is 2.83 bits per heavy atom. The maximum absolute atomic E-state index is 12.3. The highest BCUT2D eigenvalue weighted by atomic mass is 32.1. The standard InChI is InChI=1S/C16H23N3O3S/c1-5-19-11(2)13(15(20)22-4)14(12-7-6-10-23-12)18-16(19)17-8-9-21-3/h6-7,10,14H,5,8-9H2,1-4H3,(H,17,18)/t14-/m0/s1. The van der Waals surface area contributed by atoms with Crippen molar-refractivity contribution in [2.75, 3.05) is 33.9 Å². The van der Waals surface area contributed by atoms with Crippen LogP contribution >= 0.6 is 11.3 Å². The SMILES string of the molecule is CCN1C(=NCCOC)N[C@@H](c2cccs2)C(C(=O)OC)=C1C. The summed E-state index contributed by atoms with van der Waals surface area (Å²) >= 11 is 1.60. The van der Waals surface area contributed by atoms with E-state index >= 15 is 0 Å². The number of thiophene rings is 1. The molecular formula is C16H23N3O3S. The Hall–Kier alpha value is -1.86. The number of nitrogens with one attached hydrogen (secondary N) is 1. The third-order valence-electron chi connectivity index (χ3n) is 3.72. The normalized spacial score (nSPS) is 19.9. The van der Waals surface area contributed by atoms with Crippen molar-refractivity contribution in [3.05, 3.63) is 33.7 Å². The summed E-state index contributed by atoms with van der Waals surface area (Å²) in [5.41, 5.74) is 1.50. The number of hydrogen-bond donors (Lipinski definition) is 1. The van der Waals surface area contributed by atoms with Crippen molar-refractivity contribution in [2.24, 2.45) is 4.99 Å². The molecule has 6 nitrogen and oxygen atoms in total. The van der Waals surface area contributed by atoms with Gasteiger partial charge in [0.2, 0.25) is 0 Å². The molecule has 0 fully saturated rings. The van der Waals surface area contributed by atoms with Crippen molar-refractivity contribution in [2.45, 2.75) is 19.9 Å². The molecule has 2 rings (SSSR count). The predicted octanol–water partition coefficient (Wildman–Crippen LogP) is 2.16. The van der Waals surface area contributed by atoms with Gasteiger partial charge >= 0.3 is 5.97 Å². The number of esters is 1. The lowest BCUT2D eigenvalue weighted by Gasteiger charge is -2.37. The highest BCUT2D eigenvalue weighted by Gasteiger charge is 2.35. The number of carbonyl (C=O) groups excluding carboxylic acids is 1. The molecule has 1 aromatic rings. The maximum atomic E-state index is 12.3. The summed E-state index contributed by atoms with van der Waals surface area (Å²) in [6, 6.07) is 3.74. The lowest BCUT2D eigenvalue weighted by molar-refractivity contribution is -0.136. The average Bonchev–Trinajstić information content (AvgIpc) is 3.08. The second-order valence-corrected chi connectivity index (χ2v) is 6.01. The zero-order valence-corrected chi connectivity index (χ0v) is 14.8. The van der Waals surface area contributed by atoms with Gasteiger partial charge in [-0.3, -0.25) is 4.99 Å². The minimum Gasteiger partial charge on any atom is -0.466 e. The van der Waals surface area contributed by atoms with Gasteiger partial charge in [-0.1, -0.05) is 6.07 Å². The Morgan fingerprint density at radius 1 is 1.48 bits per heavy atom. The van der Waals surface area contributed by atoms with E-state index in [4.69, 9.17) is 9.47 Å². The first-order chi connectivity index (χ1) is 11.1. The molecule has 1 aromatic heterocycles. The lowest BCUT2D eigenvalue weighted by Crippen LogP contribution is -2.49. The van der Waals surface area contributed by atoms with Crippen LogP contribution in [0.3, 0.4) is 0 Å². The van der Waals surface area contributed by atoms with Crippen LogP contribution in [-0.4, -0.2) is 50.7 Å². The van der Waals surface area contributed by atoms with Crippen LogP contribution in [0.4, 0.5) is 0 Å². The third-order valence-corrected chi connectivity index (χ3v) is 4.66. The summed E-state index contributed by atoms with van der Waals surface area (Å²) in [6.45, 7) is 5.79. The van der Waals surface area contributed by atoms with E-state index in [1.165, 1.54) is 7.11 Å². The van der Waals surface area contributed by atoms with Crippen molar-refractivity contribution >= 4 is 23.3 Å². The first-order valence-electron chi connectivity index (χ1n) is 7.53. The van der Waals surface area contributed by atoms with Crippen LogP contribution in [0.2, 0.25) is 0 Å². The van der Waals surface area contributed by atoms with Gasteiger partial charge in [0.1, 0.15) is 0 Å². The minimum atomic E-state index is -0.317. The fraction of sp³-hybridized carbons (Fsp3) is 0.500. The molecule has 0 unspecified atom stereocenters. The monoisotopic (exact) mass is 337 g/mol. The zero-order chi connectivity index (χ0) is 16.8. The van der Waals surface area contributed by atoms with Gasteiger partial charge in [0, 0.05) is 24.2 Å². The number of guanidine groups is 1. The Bertz CT molecular complexity index is 596. The maximum Gasteiger partial charge on any atom is 0.338 e. The van der Waals surface area contributed by atoms with Gasteiger partial charge in [-0.05, 0) is 25.3 Å². The van der Waals surface area contributed by atoms with Crippen molar-refractivity contribution in [1.82, 2.24) is 10.2 Å². The summed E-state index contributed by atoms with van der Waals surface area (Å²) in [5.74, 6) is 0.441. The largest absolute Gasteiger partial charge is 0.466 e. The molecular weight excluding hydrogens is 314 g/mol. The molecule has 0 saturated heterocycles. The van der Waals surface area contributed by atoms with Crippen LogP contribution in [0.1, 0.15) is 24.8 Å². The highest BCUT2D eigenvalue weighted by molar-refractivity contribution is 7.10. The summed E-state index contributed by atoms with van der Waals surface area (Å²) in [5, 5.41) is 5.38. The Balaban J connectivity index is 2.45. The van der Waals surface area contributed by atoms with E-state index in [0.717, 1.165) is 16.5 Å². The van der Waals surface area contributed by atoms with Gasteiger partial charge in [-0.15, -0.1) is 11.3 Å². The zero-order valence-electron chi connectivity index (χ0n) is 14.0. The van der Waals surface area contributed by atoms with Crippen LogP contribution in [-0.2, 0) is 14.3 Å².